The first-order chi connectivity index (χ1) is 21.3. The van der Waals surface area contributed by atoms with Crippen molar-refractivity contribution in [1.82, 2.24) is 4.90 Å². The summed E-state index contributed by atoms with van der Waals surface area (Å²) >= 11 is 0. The molecule has 11 atom stereocenters. The molecule has 1 heterocycles. The summed E-state index contributed by atoms with van der Waals surface area (Å²) < 4.78 is 29.5. The lowest BCUT2D eigenvalue weighted by atomic mass is 9.41. The zero-order valence-electron chi connectivity index (χ0n) is 29.6. The van der Waals surface area contributed by atoms with Crippen molar-refractivity contribution in [3.8, 4) is 0 Å². The number of hydrogen-bond acceptors (Lipinski definition) is 7. The zero-order valence-corrected chi connectivity index (χ0v) is 30.6. The first-order valence-electron chi connectivity index (χ1n) is 18.2. The molecule has 0 aromatic heterocycles. The van der Waals surface area contributed by atoms with E-state index in [9.17, 15) is 9.59 Å². The van der Waals surface area contributed by atoms with Gasteiger partial charge in [-0.3, -0.25) is 4.79 Å². The summed E-state index contributed by atoms with van der Waals surface area (Å²) in [6.07, 6.45) is 11.0. The number of cyclic esters (lactones) is 1. The van der Waals surface area contributed by atoms with E-state index >= 15 is 0 Å². The van der Waals surface area contributed by atoms with Gasteiger partial charge in [-0.05, 0) is 123 Å². The molecule has 258 valence electrons. The number of nitrogens with zero attached hydrogens (tertiary/aromatic N) is 1. The lowest BCUT2D eigenvalue weighted by molar-refractivity contribution is -0.209. The van der Waals surface area contributed by atoms with Gasteiger partial charge in [0.15, 0.2) is 8.32 Å². The second kappa shape index (κ2) is 14.2. The molecule has 2 amide bonds. The molecule has 4 saturated carbocycles. The molecule has 5 rings (SSSR count). The Bertz CT molecular complexity index is 1040. The summed E-state index contributed by atoms with van der Waals surface area (Å²) in [7, 11) is -0.105. The lowest BCUT2D eigenvalue weighted by Gasteiger charge is -2.66. The van der Waals surface area contributed by atoms with E-state index in [2.05, 4.69) is 47.3 Å². The third-order valence-corrected chi connectivity index (χ3v) is 14.3. The van der Waals surface area contributed by atoms with Gasteiger partial charge in [0.05, 0.1) is 32.0 Å². The van der Waals surface area contributed by atoms with Crippen LogP contribution in [0.25, 0.3) is 0 Å². The first kappa shape index (κ1) is 35.3. The first-order valence-corrected chi connectivity index (χ1v) is 21.6. The number of carbonyl (C=O) groups is 2. The maximum absolute atomic E-state index is 12.9. The van der Waals surface area contributed by atoms with E-state index in [0.717, 1.165) is 25.7 Å². The van der Waals surface area contributed by atoms with Crippen LogP contribution in [-0.4, -0.2) is 77.7 Å². The summed E-state index contributed by atoms with van der Waals surface area (Å²) in [4.78, 5) is 26.1. The van der Waals surface area contributed by atoms with Crippen molar-refractivity contribution in [2.75, 3.05) is 40.3 Å². The van der Waals surface area contributed by atoms with Gasteiger partial charge >= 0.3 is 6.09 Å². The quantitative estimate of drug-likeness (QED) is 0.116. The van der Waals surface area contributed by atoms with E-state index in [0.29, 0.717) is 92.5 Å². The fourth-order valence-electron chi connectivity index (χ4n) is 11.3. The predicted molar refractivity (Wildman–Crippen MR) is 177 cm³/mol. The molecule has 5 aliphatic rings. The molecule has 0 spiro atoms. The molecule has 45 heavy (non-hydrogen) atoms. The highest BCUT2D eigenvalue weighted by atomic mass is 28.4. The fraction of sp³-hybridized carbons (Fsp3) is 0.944. The van der Waals surface area contributed by atoms with Gasteiger partial charge in [-0.15, -0.1) is 0 Å². The second-order valence-corrected chi connectivity index (χ2v) is 21.1. The Kier molecular flexibility index (Phi) is 11.2. The minimum Gasteiger partial charge on any atom is -0.447 e. The summed E-state index contributed by atoms with van der Waals surface area (Å²) in [5.41, 5.74) is 0.571. The van der Waals surface area contributed by atoms with Crippen LogP contribution in [0.5, 0.6) is 0 Å². The van der Waals surface area contributed by atoms with Gasteiger partial charge in [0.25, 0.3) is 0 Å². The minimum atomic E-state index is -1.80. The number of imide groups is 1. The highest BCUT2D eigenvalue weighted by Gasteiger charge is 2.65. The van der Waals surface area contributed by atoms with Crippen molar-refractivity contribution < 1.29 is 33.0 Å². The van der Waals surface area contributed by atoms with Crippen molar-refractivity contribution in [1.29, 1.82) is 0 Å². The molecule has 4 aliphatic carbocycles. The van der Waals surface area contributed by atoms with Crippen molar-refractivity contribution >= 4 is 20.3 Å². The molecular formula is C36H63NO7Si. The van der Waals surface area contributed by atoms with E-state index in [1.165, 1.54) is 37.0 Å². The standard InChI is InChI=1S/C36H63NO7Si/c1-9-26-30-22-25(43-23-41-21-20-40-5)14-16-36(30,4)29-15-17-35(3)27(11-12-28(35)32(29)33(26)44-45(6,7)8)24(2)10-13-31(38)37-18-19-42-34(37)39/h24-30,32-33H,9-23H2,1-8H3/t24-,25-,26-,27-,28+,29+,30?,32?,33-,35-,36+/m1/s1. The molecule has 5 fully saturated rings. The summed E-state index contributed by atoms with van der Waals surface area (Å²) in [5.74, 6) is 4.05. The molecule has 0 bridgehead atoms. The Morgan fingerprint density at radius 2 is 1.78 bits per heavy atom. The number of amides is 2. The average molecular weight is 650 g/mol. The highest BCUT2D eigenvalue weighted by molar-refractivity contribution is 6.69. The van der Waals surface area contributed by atoms with Crippen LogP contribution in [0.3, 0.4) is 0 Å². The normalized spacial score (nSPS) is 40.4. The van der Waals surface area contributed by atoms with E-state index < -0.39 is 14.4 Å². The summed E-state index contributed by atoms with van der Waals surface area (Å²) in [5, 5.41) is 0. The number of hydrogen-bond donors (Lipinski definition) is 0. The van der Waals surface area contributed by atoms with Gasteiger partial charge in [0, 0.05) is 13.5 Å². The van der Waals surface area contributed by atoms with Crippen LogP contribution >= 0.6 is 0 Å². The molecule has 9 heteroatoms. The van der Waals surface area contributed by atoms with E-state index in [4.69, 9.17) is 23.4 Å². The van der Waals surface area contributed by atoms with E-state index in [1.54, 1.807) is 7.11 Å². The second-order valence-electron chi connectivity index (χ2n) is 16.7. The third kappa shape index (κ3) is 7.08. The van der Waals surface area contributed by atoms with Gasteiger partial charge < -0.3 is 23.4 Å². The van der Waals surface area contributed by atoms with E-state index in [1.807, 2.05) is 0 Å². The Morgan fingerprint density at radius 3 is 2.44 bits per heavy atom. The SMILES string of the molecule is CC[C@@H]1C2C[C@H](OCOCCOC)CC[C@@]2(C)[C@H]2CC[C@]3(C)[C@@H]([C@H](C)CCC(=O)N4CCOC4=O)CC[C@H]3C2[C@@H]1O[Si](C)(C)C. The van der Waals surface area contributed by atoms with Gasteiger partial charge in [-0.1, -0.05) is 34.1 Å². The van der Waals surface area contributed by atoms with Gasteiger partial charge in [-0.25, -0.2) is 9.69 Å². The number of ether oxygens (including phenoxy) is 4. The van der Waals surface area contributed by atoms with Gasteiger partial charge in [-0.2, -0.15) is 0 Å². The lowest BCUT2D eigenvalue weighted by Crippen LogP contribution is -2.64. The summed E-state index contributed by atoms with van der Waals surface area (Å²) in [6.45, 7) is 19.4. The maximum atomic E-state index is 12.9. The number of rotatable bonds is 13. The fourth-order valence-corrected chi connectivity index (χ4v) is 12.4. The molecule has 2 unspecified atom stereocenters. The molecule has 0 aromatic rings. The average Bonchev–Trinajstić information content (AvgIpc) is 3.58. The zero-order chi connectivity index (χ0) is 32.6. The Labute approximate surface area is 274 Å². The molecule has 1 saturated heterocycles. The summed E-state index contributed by atoms with van der Waals surface area (Å²) in [6, 6.07) is 0. The van der Waals surface area contributed by atoms with Gasteiger partial charge in [0.1, 0.15) is 13.4 Å². The van der Waals surface area contributed by atoms with Crippen LogP contribution < -0.4 is 0 Å². The molecule has 0 radical (unpaired) electrons. The van der Waals surface area contributed by atoms with Crippen LogP contribution in [0.1, 0.15) is 91.9 Å². The molecular weight excluding hydrogens is 586 g/mol. The largest absolute Gasteiger partial charge is 0.447 e. The smallest absolute Gasteiger partial charge is 0.416 e. The Hall–Kier alpha value is -1.00. The molecule has 0 N–H and O–H groups in total. The third-order valence-electron chi connectivity index (χ3n) is 13.3. The predicted octanol–water partition coefficient (Wildman–Crippen LogP) is 7.51. The number of methoxy groups -OCH3 is 1. The Balaban J connectivity index is 1.34. The highest BCUT2D eigenvalue weighted by Crippen LogP contribution is 2.70. The number of carbonyl (C=O) groups excluding carboxylic acids is 2. The van der Waals surface area contributed by atoms with Gasteiger partial charge in [0.2, 0.25) is 5.91 Å². The van der Waals surface area contributed by atoms with Crippen LogP contribution in [-0.2, 0) is 28.2 Å². The maximum Gasteiger partial charge on any atom is 0.416 e. The monoisotopic (exact) mass is 649 g/mol. The minimum absolute atomic E-state index is 0.0745. The molecule has 0 aromatic carbocycles. The van der Waals surface area contributed by atoms with Crippen LogP contribution in [0, 0.1) is 52.3 Å². The topological polar surface area (TPSA) is 83.5 Å². The Morgan fingerprint density at radius 1 is 1.04 bits per heavy atom. The van der Waals surface area contributed by atoms with Crippen molar-refractivity contribution in [2.45, 2.75) is 124 Å². The molecule has 1 aliphatic heterocycles. The van der Waals surface area contributed by atoms with Crippen LogP contribution in [0.15, 0.2) is 0 Å². The van der Waals surface area contributed by atoms with Crippen LogP contribution in [0.4, 0.5) is 4.79 Å². The van der Waals surface area contributed by atoms with Crippen molar-refractivity contribution in [3.05, 3.63) is 0 Å². The number of fused-ring (bicyclic) bond motifs is 5. The van der Waals surface area contributed by atoms with Crippen molar-refractivity contribution in [3.63, 3.8) is 0 Å². The van der Waals surface area contributed by atoms with Crippen LogP contribution in [0.2, 0.25) is 19.6 Å². The molecule has 8 nitrogen and oxygen atoms in total. The van der Waals surface area contributed by atoms with Crippen molar-refractivity contribution in [2.24, 2.45) is 52.3 Å². The van der Waals surface area contributed by atoms with E-state index in [-0.39, 0.29) is 17.4 Å².